The number of hydrogen-bond donors (Lipinski definition) is 2. The summed E-state index contributed by atoms with van der Waals surface area (Å²) in [4.78, 5) is 23.8. The van der Waals surface area contributed by atoms with Gasteiger partial charge in [-0.2, -0.15) is 0 Å². The maximum absolute atomic E-state index is 11.9. The third kappa shape index (κ3) is 4.49. The van der Waals surface area contributed by atoms with Gasteiger partial charge in [0.25, 0.3) is 0 Å². The number of rotatable bonds is 5. The summed E-state index contributed by atoms with van der Waals surface area (Å²) in [6, 6.07) is 3.91. The summed E-state index contributed by atoms with van der Waals surface area (Å²) in [6.07, 6.45) is 3.98. The summed E-state index contributed by atoms with van der Waals surface area (Å²) in [6.45, 7) is 0. The minimum Gasteiger partial charge on any atom is -0.481 e. The molecular formula is C14H18ClNO3S. The average Bonchev–Trinajstić information content (AvgIpc) is 2.83. The van der Waals surface area contributed by atoms with Gasteiger partial charge in [0.1, 0.15) is 0 Å². The molecule has 2 N–H and O–H groups in total. The molecule has 0 aromatic carbocycles. The van der Waals surface area contributed by atoms with Crippen LogP contribution in [0.15, 0.2) is 12.1 Å². The Bertz CT molecular complexity index is 481. The van der Waals surface area contributed by atoms with Crippen molar-refractivity contribution in [2.24, 2.45) is 5.92 Å². The van der Waals surface area contributed by atoms with Gasteiger partial charge in [0.05, 0.1) is 10.3 Å². The van der Waals surface area contributed by atoms with Crippen molar-refractivity contribution in [2.75, 3.05) is 0 Å². The van der Waals surface area contributed by atoms with Crippen molar-refractivity contribution in [3.63, 3.8) is 0 Å². The topological polar surface area (TPSA) is 66.4 Å². The van der Waals surface area contributed by atoms with Gasteiger partial charge >= 0.3 is 5.97 Å². The van der Waals surface area contributed by atoms with E-state index in [0.717, 1.165) is 22.1 Å². The molecule has 1 aliphatic carbocycles. The van der Waals surface area contributed by atoms with Crippen LogP contribution in [0.5, 0.6) is 0 Å². The lowest BCUT2D eigenvalue weighted by Crippen LogP contribution is -2.38. The van der Waals surface area contributed by atoms with E-state index in [4.69, 9.17) is 16.7 Å². The molecule has 0 radical (unpaired) electrons. The van der Waals surface area contributed by atoms with Gasteiger partial charge in [-0.05, 0) is 44.2 Å². The molecule has 1 saturated carbocycles. The first kappa shape index (κ1) is 15.3. The van der Waals surface area contributed by atoms with Crippen LogP contribution in [-0.4, -0.2) is 23.0 Å². The van der Waals surface area contributed by atoms with E-state index in [-0.39, 0.29) is 17.9 Å². The van der Waals surface area contributed by atoms with Crippen molar-refractivity contribution in [3.05, 3.63) is 21.3 Å². The third-order valence-electron chi connectivity index (χ3n) is 3.67. The Kier molecular flexibility index (Phi) is 5.43. The first-order valence-corrected chi connectivity index (χ1v) is 8.00. The van der Waals surface area contributed by atoms with Crippen molar-refractivity contribution in [3.8, 4) is 0 Å². The zero-order valence-corrected chi connectivity index (χ0v) is 12.7. The first-order valence-electron chi connectivity index (χ1n) is 6.81. The maximum atomic E-state index is 11.9. The SMILES string of the molecule is O=C(CCc1ccc(Cl)s1)NC1CCC(C(=O)O)CC1. The number of carboxylic acids is 1. The Balaban J connectivity index is 1.69. The fourth-order valence-corrected chi connectivity index (χ4v) is 3.59. The largest absolute Gasteiger partial charge is 0.481 e. The van der Waals surface area contributed by atoms with Crippen LogP contribution in [0, 0.1) is 5.92 Å². The summed E-state index contributed by atoms with van der Waals surface area (Å²) >= 11 is 7.34. The summed E-state index contributed by atoms with van der Waals surface area (Å²) in [5, 5.41) is 11.9. The molecule has 1 fully saturated rings. The van der Waals surface area contributed by atoms with Crippen molar-refractivity contribution in [1.82, 2.24) is 5.32 Å². The van der Waals surface area contributed by atoms with E-state index in [9.17, 15) is 9.59 Å². The minimum absolute atomic E-state index is 0.0355. The molecule has 0 spiro atoms. The highest BCUT2D eigenvalue weighted by molar-refractivity contribution is 7.16. The molecule has 4 nitrogen and oxygen atoms in total. The minimum atomic E-state index is -0.718. The van der Waals surface area contributed by atoms with E-state index >= 15 is 0 Å². The van der Waals surface area contributed by atoms with E-state index in [1.807, 2.05) is 12.1 Å². The van der Waals surface area contributed by atoms with Crippen LogP contribution in [0.3, 0.4) is 0 Å². The monoisotopic (exact) mass is 315 g/mol. The number of thiophene rings is 1. The zero-order valence-electron chi connectivity index (χ0n) is 11.1. The van der Waals surface area contributed by atoms with Crippen molar-refractivity contribution in [1.29, 1.82) is 0 Å². The van der Waals surface area contributed by atoms with Gasteiger partial charge in [-0.25, -0.2) is 0 Å². The second kappa shape index (κ2) is 7.09. The van der Waals surface area contributed by atoms with Crippen LogP contribution in [0.4, 0.5) is 0 Å². The number of amides is 1. The van der Waals surface area contributed by atoms with Gasteiger partial charge in [-0.3, -0.25) is 9.59 Å². The molecule has 0 atom stereocenters. The van der Waals surface area contributed by atoms with Gasteiger partial charge in [-0.1, -0.05) is 11.6 Å². The molecule has 1 amide bonds. The number of hydrogen-bond acceptors (Lipinski definition) is 3. The lowest BCUT2D eigenvalue weighted by Gasteiger charge is -2.26. The fraction of sp³-hybridized carbons (Fsp3) is 0.571. The Morgan fingerprint density at radius 1 is 1.30 bits per heavy atom. The molecule has 0 bridgehead atoms. The predicted octanol–water partition coefficient (Wildman–Crippen LogP) is 3.09. The number of aryl methyl sites for hydroxylation is 1. The van der Waals surface area contributed by atoms with Crippen molar-refractivity contribution < 1.29 is 14.7 Å². The van der Waals surface area contributed by atoms with Crippen LogP contribution in [0.2, 0.25) is 4.34 Å². The number of halogens is 1. The summed E-state index contributed by atoms with van der Waals surface area (Å²) in [5.41, 5.74) is 0. The van der Waals surface area contributed by atoms with Gasteiger partial charge in [0.15, 0.2) is 0 Å². The Labute approximate surface area is 127 Å². The number of nitrogens with one attached hydrogen (secondary N) is 1. The average molecular weight is 316 g/mol. The first-order chi connectivity index (χ1) is 9.54. The third-order valence-corrected chi connectivity index (χ3v) is 4.96. The molecule has 20 heavy (non-hydrogen) atoms. The lowest BCUT2D eigenvalue weighted by atomic mass is 9.86. The fourth-order valence-electron chi connectivity index (χ4n) is 2.51. The molecule has 1 aromatic rings. The van der Waals surface area contributed by atoms with Gasteiger partial charge in [0, 0.05) is 17.3 Å². The zero-order chi connectivity index (χ0) is 14.5. The van der Waals surface area contributed by atoms with Crippen LogP contribution in [0.1, 0.15) is 37.0 Å². The highest BCUT2D eigenvalue weighted by atomic mass is 35.5. The van der Waals surface area contributed by atoms with Crippen molar-refractivity contribution >= 4 is 34.8 Å². The standard InChI is InChI=1S/C14H18ClNO3S/c15-12-7-5-11(20-12)6-8-13(17)16-10-3-1-9(2-4-10)14(18)19/h5,7,9-10H,1-4,6,8H2,(H,16,17)(H,18,19). The second-order valence-corrected chi connectivity index (χ2v) is 6.96. The molecule has 0 unspecified atom stereocenters. The number of carbonyl (C=O) groups is 2. The lowest BCUT2D eigenvalue weighted by molar-refractivity contribution is -0.142. The van der Waals surface area contributed by atoms with Crippen LogP contribution < -0.4 is 5.32 Å². The Hall–Kier alpha value is -1.07. The number of aliphatic carboxylic acids is 1. The number of carbonyl (C=O) groups excluding carboxylic acids is 1. The summed E-state index contributed by atoms with van der Waals surface area (Å²) in [5.74, 6) is -0.922. The van der Waals surface area contributed by atoms with Gasteiger partial charge < -0.3 is 10.4 Å². The van der Waals surface area contributed by atoms with E-state index < -0.39 is 5.97 Å². The highest BCUT2D eigenvalue weighted by Gasteiger charge is 2.26. The van der Waals surface area contributed by atoms with Gasteiger partial charge in [-0.15, -0.1) is 11.3 Å². The Morgan fingerprint density at radius 2 is 2.00 bits per heavy atom. The second-order valence-electron chi connectivity index (χ2n) is 5.16. The summed E-state index contributed by atoms with van der Waals surface area (Å²) < 4.78 is 0.743. The molecular weight excluding hydrogens is 298 g/mol. The Morgan fingerprint density at radius 3 is 2.55 bits per heavy atom. The van der Waals surface area contributed by atoms with Crippen LogP contribution in [-0.2, 0) is 16.0 Å². The predicted molar refractivity (Wildman–Crippen MR) is 79.2 cm³/mol. The summed E-state index contributed by atoms with van der Waals surface area (Å²) in [7, 11) is 0. The molecule has 6 heteroatoms. The number of carboxylic acid groups (broad SMARTS) is 1. The van der Waals surface area contributed by atoms with Gasteiger partial charge in [0.2, 0.25) is 5.91 Å². The smallest absolute Gasteiger partial charge is 0.306 e. The van der Waals surface area contributed by atoms with Crippen molar-refractivity contribution in [2.45, 2.75) is 44.6 Å². The molecule has 0 aliphatic heterocycles. The molecule has 110 valence electrons. The van der Waals surface area contributed by atoms with E-state index in [0.29, 0.717) is 25.7 Å². The molecule has 1 heterocycles. The van der Waals surface area contributed by atoms with E-state index in [1.165, 1.54) is 11.3 Å². The van der Waals surface area contributed by atoms with Crippen LogP contribution in [0.25, 0.3) is 0 Å². The maximum Gasteiger partial charge on any atom is 0.306 e. The highest BCUT2D eigenvalue weighted by Crippen LogP contribution is 2.25. The molecule has 2 rings (SSSR count). The molecule has 0 saturated heterocycles. The van der Waals surface area contributed by atoms with E-state index in [2.05, 4.69) is 5.32 Å². The quantitative estimate of drug-likeness (QED) is 0.877. The van der Waals surface area contributed by atoms with Crippen LogP contribution >= 0.6 is 22.9 Å². The molecule has 1 aromatic heterocycles. The molecule has 1 aliphatic rings. The van der Waals surface area contributed by atoms with E-state index in [1.54, 1.807) is 0 Å². The normalized spacial score (nSPS) is 22.4.